The average Bonchev–Trinajstić information content (AvgIpc) is 3.33. The molecule has 0 radical (unpaired) electrons. The Morgan fingerprint density at radius 2 is 0.597 bits per heavy atom. The molecule has 0 bridgehead atoms. The van der Waals surface area contributed by atoms with E-state index in [4.69, 9.17) is 14.2 Å². The van der Waals surface area contributed by atoms with Crippen LogP contribution >= 0.6 is 0 Å². The molecule has 0 aliphatic rings. The van der Waals surface area contributed by atoms with Crippen LogP contribution in [0.4, 0.5) is 0 Å². The van der Waals surface area contributed by atoms with E-state index in [0.29, 0.717) is 19.3 Å². The molecule has 0 spiro atoms. The van der Waals surface area contributed by atoms with Gasteiger partial charge in [-0.05, 0) is 128 Å². The maximum Gasteiger partial charge on any atom is 0.306 e. The quantitative estimate of drug-likeness (QED) is 0.0262. The van der Waals surface area contributed by atoms with Crippen LogP contribution in [0.3, 0.4) is 0 Å². The van der Waals surface area contributed by atoms with E-state index in [1.54, 1.807) is 0 Å². The summed E-state index contributed by atoms with van der Waals surface area (Å²) in [5, 5.41) is 0. The largest absolute Gasteiger partial charge is 0.462 e. The average molecular weight is 925 g/mol. The third-order valence-corrected chi connectivity index (χ3v) is 10.6. The second kappa shape index (κ2) is 54.2. The van der Waals surface area contributed by atoms with Gasteiger partial charge in [0.15, 0.2) is 6.10 Å². The van der Waals surface area contributed by atoms with Gasteiger partial charge in [0, 0.05) is 19.3 Å². The highest BCUT2D eigenvalue weighted by atomic mass is 16.6. The van der Waals surface area contributed by atoms with E-state index in [-0.39, 0.29) is 37.5 Å². The van der Waals surface area contributed by atoms with Crippen LogP contribution < -0.4 is 0 Å². The molecule has 6 heteroatoms. The van der Waals surface area contributed by atoms with E-state index in [2.05, 4.69) is 154 Å². The molecule has 0 amide bonds. The molecule has 6 nitrogen and oxygen atoms in total. The normalized spacial score (nSPS) is 13.2. The lowest BCUT2D eigenvalue weighted by Crippen LogP contribution is -2.30. The summed E-state index contributed by atoms with van der Waals surface area (Å²) in [5.74, 6) is -1.02. The third-order valence-electron chi connectivity index (χ3n) is 10.6. The van der Waals surface area contributed by atoms with E-state index in [1.807, 2.05) is 0 Å². The minimum atomic E-state index is -0.829. The van der Waals surface area contributed by atoms with Crippen molar-refractivity contribution in [1.82, 2.24) is 0 Å². The second-order valence-electron chi connectivity index (χ2n) is 17.0. The maximum absolute atomic E-state index is 12.8. The number of hydrogen-bond donors (Lipinski definition) is 0. The Hall–Kier alpha value is -4.45. The first kappa shape index (κ1) is 62.5. The zero-order chi connectivity index (χ0) is 48.6. The number of rotatable bonds is 46. The molecule has 0 unspecified atom stereocenters. The molecule has 376 valence electrons. The van der Waals surface area contributed by atoms with Crippen molar-refractivity contribution < 1.29 is 28.6 Å². The molecule has 0 saturated heterocycles. The Morgan fingerprint density at radius 3 is 0.955 bits per heavy atom. The first-order valence-corrected chi connectivity index (χ1v) is 26.7. The molecule has 0 heterocycles. The van der Waals surface area contributed by atoms with Crippen molar-refractivity contribution in [2.45, 2.75) is 219 Å². The fraction of sp³-hybridized carbons (Fsp3) is 0.590. The predicted molar refractivity (Wildman–Crippen MR) is 288 cm³/mol. The number of esters is 3. The molecular formula is C61H96O6. The number of hydrogen-bond acceptors (Lipinski definition) is 6. The van der Waals surface area contributed by atoms with Crippen molar-refractivity contribution in [1.29, 1.82) is 0 Å². The third kappa shape index (κ3) is 52.4. The lowest BCUT2D eigenvalue weighted by atomic mass is 10.1. The van der Waals surface area contributed by atoms with Gasteiger partial charge < -0.3 is 14.2 Å². The summed E-state index contributed by atoms with van der Waals surface area (Å²) in [6, 6.07) is 0. The Balaban J connectivity index is 4.58. The lowest BCUT2D eigenvalue weighted by Gasteiger charge is -2.18. The van der Waals surface area contributed by atoms with Crippen LogP contribution in [-0.2, 0) is 28.6 Å². The first-order chi connectivity index (χ1) is 33.0. The Labute approximate surface area is 411 Å². The molecule has 67 heavy (non-hydrogen) atoms. The fourth-order valence-electron chi connectivity index (χ4n) is 6.67. The number of ether oxygens (including phenoxy) is 3. The van der Waals surface area contributed by atoms with Gasteiger partial charge in [0.1, 0.15) is 13.2 Å². The minimum absolute atomic E-state index is 0.121. The molecule has 0 N–H and O–H groups in total. The summed E-state index contributed by atoms with van der Waals surface area (Å²) in [5.41, 5.74) is 0. The smallest absolute Gasteiger partial charge is 0.306 e. The zero-order valence-electron chi connectivity index (χ0n) is 42.9. The standard InChI is InChI=1S/C61H96O6/c1-4-7-10-13-16-19-22-25-28-30-33-36-39-42-45-48-51-54-60(63)66-57-58(56-65-59(62)53-50-47-44-41-38-35-32-27-24-21-18-15-12-9-6-3)67-61(64)55-52-49-46-43-40-37-34-31-29-26-23-20-17-14-11-8-5-2/h7-8,10-11,16-21,25-29,32-34,36-37,43,46,58H,4-6,9,12-15,22-24,30-31,35,38-42,44-45,47-57H2,1-3H3/b10-7-,11-8-,19-16-,20-17-,21-18-,28-25-,29-26-,32-27-,36-33-,37-34-,46-43-/t58-/m0/s1. The van der Waals surface area contributed by atoms with Gasteiger partial charge in [0.2, 0.25) is 0 Å². The van der Waals surface area contributed by atoms with Crippen molar-refractivity contribution in [2.75, 3.05) is 13.2 Å². The molecule has 0 aromatic carbocycles. The van der Waals surface area contributed by atoms with Crippen LogP contribution in [0.5, 0.6) is 0 Å². The van der Waals surface area contributed by atoms with Crippen LogP contribution in [0.2, 0.25) is 0 Å². The van der Waals surface area contributed by atoms with Crippen LogP contribution in [0.25, 0.3) is 0 Å². The highest BCUT2D eigenvalue weighted by Crippen LogP contribution is 2.12. The summed E-state index contributed by atoms with van der Waals surface area (Å²) in [6.45, 7) is 6.28. The molecule has 0 fully saturated rings. The van der Waals surface area contributed by atoms with Gasteiger partial charge in [-0.1, -0.05) is 199 Å². The Kier molecular flexibility index (Phi) is 50.6. The number of carbonyl (C=O) groups is 3. The highest BCUT2D eigenvalue weighted by Gasteiger charge is 2.19. The number of carbonyl (C=O) groups excluding carboxylic acids is 3. The molecule has 0 rings (SSSR count). The molecular weight excluding hydrogens is 829 g/mol. The van der Waals surface area contributed by atoms with Crippen LogP contribution in [-0.4, -0.2) is 37.2 Å². The monoisotopic (exact) mass is 925 g/mol. The Morgan fingerprint density at radius 1 is 0.313 bits per heavy atom. The number of unbranched alkanes of at least 4 members (excludes halogenated alkanes) is 13. The van der Waals surface area contributed by atoms with Gasteiger partial charge >= 0.3 is 17.9 Å². The lowest BCUT2D eigenvalue weighted by molar-refractivity contribution is -0.167. The van der Waals surface area contributed by atoms with Gasteiger partial charge in [0.05, 0.1) is 0 Å². The van der Waals surface area contributed by atoms with Crippen molar-refractivity contribution in [3.05, 3.63) is 134 Å². The molecule has 0 saturated carbocycles. The molecule has 0 aromatic rings. The van der Waals surface area contributed by atoms with E-state index in [0.717, 1.165) is 141 Å². The molecule has 0 aromatic heterocycles. The van der Waals surface area contributed by atoms with Gasteiger partial charge in [-0.25, -0.2) is 0 Å². The maximum atomic E-state index is 12.8. The van der Waals surface area contributed by atoms with Crippen molar-refractivity contribution in [3.8, 4) is 0 Å². The van der Waals surface area contributed by atoms with Gasteiger partial charge in [-0.15, -0.1) is 0 Å². The van der Waals surface area contributed by atoms with E-state index >= 15 is 0 Å². The summed E-state index contributed by atoms with van der Waals surface area (Å²) < 4.78 is 16.7. The van der Waals surface area contributed by atoms with Crippen molar-refractivity contribution in [3.63, 3.8) is 0 Å². The van der Waals surface area contributed by atoms with E-state index in [9.17, 15) is 14.4 Å². The van der Waals surface area contributed by atoms with Gasteiger partial charge in [-0.2, -0.15) is 0 Å². The highest BCUT2D eigenvalue weighted by molar-refractivity contribution is 5.71. The second-order valence-corrected chi connectivity index (χ2v) is 17.0. The van der Waals surface area contributed by atoms with Crippen molar-refractivity contribution >= 4 is 17.9 Å². The summed E-state index contributed by atoms with van der Waals surface area (Å²) in [7, 11) is 0. The predicted octanol–water partition coefficient (Wildman–Crippen LogP) is 17.9. The Bertz CT molecular complexity index is 1480. The zero-order valence-corrected chi connectivity index (χ0v) is 42.9. The SMILES string of the molecule is CC/C=C\C/C=C\C/C=C\C/C=C\C/C=C\CCCC(=O)O[C@H](COC(=O)CCCCCC/C=C\C/C=C\C/C=C\C/C=C\CC)COC(=O)CCCCCCC/C=C\C/C=C\CCCCC. The van der Waals surface area contributed by atoms with Crippen LogP contribution in [0.15, 0.2) is 134 Å². The van der Waals surface area contributed by atoms with Crippen molar-refractivity contribution in [2.24, 2.45) is 0 Å². The molecule has 0 aliphatic heterocycles. The molecule has 1 atom stereocenters. The molecule has 0 aliphatic carbocycles. The fourth-order valence-corrected chi connectivity index (χ4v) is 6.67. The first-order valence-electron chi connectivity index (χ1n) is 26.7. The summed E-state index contributed by atoms with van der Waals surface area (Å²) in [6.07, 6.45) is 75.8. The van der Waals surface area contributed by atoms with Crippen LogP contribution in [0.1, 0.15) is 213 Å². The van der Waals surface area contributed by atoms with Gasteiger partial charge in [0.25, 0.3) is 0 Å². The van der Waals surface area contributed by atoms with E-state index < -0.39 is 6.10 Å². The topological polar surface area (TPSA) is 78.9 Å². The summed E-state index contributed by atoms with van der Waals surface area (Å²) in [4.78, 5) is 38.1. The summed E-state index contributed by atoms with van der Waals surface area (Å²) >= 11 is 0. The minimum Gasteiger partial charge on any atom is -0.462 e. The number of allylic oxidation sites excluding steroid dienone is 22. The van der Waals surface area contributed by atoms with E-state index in [1.165, 1.54) is 25.7 Å². The van der Waals surface area contributed by atoms with Crippen LogP contribution in [0, 0.1) is 0 Å². The van der Waals surface area contributed by atoms with Gasteiger partial charge in [-0.3, -0.25) is 14.4 Å².